The van der Waals surface area contributed by atoms with Crippen LogP contribution in [0.3, 0.4) is 0 Å². The Hall–Kier alpha value is -2.29. The van der Waals surface area contributed by atoms with Gasteiger partial charge in [-0.1, -0.05) is 12.1 Å². The molecule has 0 saturated carbocycles. The van der Waals surface area contributed by atoms with Crippen molar-refractivity contribution in [2.24, 2.45) is 5.73 Å². The van der Waals surface area contributed by atoms with Gasteiger partial charge >= 0.3 is 0 Å². The number of amides is 3. The smallest absolute Gasteiger partial charge is 0.255 e. The number of benzene rings is 1. The van der Waals surface area contributed by atoms with Crippen molar-refractivity contribution in [2.75, 3.05) is 6.61 Å². The van der Waals surface area contributed by atoms with E-state index in [0.29, 0.717) is 25.1 Å². The standard InChI is InChI=1S/C18H24N4O4/c1-10(14(19)9-23)20-7-11-3-2-4-12-13(11)8-22(18(12)26)15-5-6-16(24)21-17(15)25/h2-4,10,14-15,20,23H,5-9,19H2,1H3,(H,21,24,25)/t10-,14-,15?/m1/s1. The number of rotatable bonds is 6. The maximum absolute atomic E-state index is 12.8. The van der Waals surface area contributed by atoms with Gasteiger partial charge < -0.3 is 21.1 Å². The predicted octanol–water partition coefficient (Wildman–Crippen LogP) is -0.755. The molecule has 0 bridgehead atoms. The van der Waals surface area contributed by atoms with Crippen LogP contribution in [0.4, 0.5) is 0 Å². The van der Waals surface area contributed by atoms with Crippen LogP contribution in [0.1, 0.15) is 41.3 Å². The van der Waals surface area contributed by atoms with Crippen molar-refractivity contribution < 1.29 is 19.5 Å². The third kappa shape index (κ3) is 3.48. The van der Waals surface area contributed by atoms with E-state index in [4.69, 9.17) is 10.8 Å². The normalized spacial score (nSPS) is 22.2. The van der Waals surface area contributed by atoms with Gasteiger partial charge in [0.1, 0.15) is 6.04 Å². The Morgan fingerprint density at radius 1 is 1.38 bits per heavy atom. The summed E-state index contributed by atoms with van der Waals surface area (Å²) in [7, 11) is 0. The number of aliphatic hydroxyl groups excluding tert-OH is 1. The highest BCUT2D eigenvalue weighted by Crippen LogP contribution is 2.29. The van der Waals surface area contributed by atoms with Gasteiger partial charge in [-0.05, 0) is 30.5 Å². The monoisotopic (exact) mass is 360 g/mol. The van der Waals surface area contributed by atoms with Gasteiger partial charge in [-0.25, -0.2) is 0 Å². The Bertz CT molecular complexity index is 736. The molecule has 3 atom stereocenters. The van der Waals surface area contributed by atoms with Crippen LogP contribution in [0, 0.1) is 0 Å². The fourth-order valence-corrected chi connectivity index (χ4v) is 3.40. The molecule has 1 aromatic rings. The zero-order chi connectivity index (χ0) is 18.8. The number of hydrogen-bond acceptors (Lipinski definition) is 6. The molecule has 5 N–H and O–H groups in total. The number of carbonyl (C=O) groups is 3. The minimum Gasteiger partial charge on any atom is -0.395 e. The van der Waals surface area contributed by atoms with E-state index < -0.39 is 11.9 Å². The first-order valence-corrected chi connectivity index (χ1v) is 8.77. The number of nitrogens with two attached hydrogens (primary N) is 1. The van der Waals surface area contributed by atoms with Crippen molar-refractivity contribution >= 4 is 17.7 Å². The van der Waals surface area contributed by atoms with Gasteiger partial charge in [0, 0.05) is 37.2 Å². The van der Waals surface area contributed by atoms with Crippen LogP contribution >= 0.6 is 0 Å². The summed E-state index contributed by atoms with van der Waals surface area (Å²) in [4.78, 5) is 37.8. The predicted molar refractivity (Wildman–Crippen MR) is 93.9 cm³/mol. The number of fused-ring (bicyclic) bond motifs is 1. The lowest BCUT2D eigenvalue weighted by Crippen LogP contribution is -2.52. The Morgan fingerprint density at radius 3 is 2.85 bits per heavy atom. The summed E-state index contributed by atoms with van der Waals surface area (Å²) in [5.74, 6) is -0.893. The van der Waals surface area contributed by atoms with E-state index in [-0.39, 0.29) is 36.9 Å². The maximum atomic E-state index is 12.8. The largest absolute Gasteiger partial charge is 0.395 e. The molecule has 0 radical (unpaired) electrons. The third-order valence-corrected chi connectivity index (χ3v) is 5.15. The molecule has 0 aliphatic carbocycles. The van der Waals surface area contributed by atoms with Crippen LogP contribution in [0.2, 0.25) is 0 Å². The van der Waals surface area contributed by atoms with E-state index in [1.807, 2.05) is 19.1 Å². The molecule has 1 saturated heterocycles. The molecule has 0 aromatic heterocycles. The zero-order valence-electron chi connectivity index (χ0n) is 14.7. The first kappa shape index (κ1) is 18.5. The van der Waals surface area contributed by atoms with Gasteiger partial charge in [0.25, 0.3) is 5.91 Å². The number of carbonyl (C=O) groups excluding carboxylic acids is 3. The molecule has 0 spiro atoms. The van der Waals surface area contributed by atoms with Gasteiger partial charge in [-0.3, -0.25) is 19.7 Å². The number of imide groups is 1. The van der Waals surface area contributed by atoms with E-state index in [2.05, 4.69) is 10.6 Å². The summed E-state index contributed by atoms with van der Waals surface area (Å²) in [6, 6.07) is 4.45. The molecule has 1 fully saturated rings. The Kier molecular flexibility index (Phi) is 5.36. The van der Waals surface area contributed by atoms with Crippen molar-refractivity contribution in [3.05, 3.63) is 34.9 Å². The SMILES string of the molecule is C[C@@H](NCc1cccc2c1CN(C1CCC(=O)NC1=O)C2=O)[C@H](N)CO. The molecule has 3 amide bonds. The summed E-state index contributed by atoms with van der Waals surface area (Å²) in [5.41, 5.74) is 8.25. The number of hydrogen-bond donors (Lipinski definition) is 4. The second-order valence-corrected chi connectivity index (χ2v) is 6.86. The van der Waals surface area contributed by atoms with Crippen LogP contribution in [0.15, 0.2) is 18.2 Å². The fraction of sp³-hybridized carbons (Fsp3) is 0.500. The van der Waals surface area contributed by atoms with Crippen molar-refractivity contribution in [3.8, 4) is 0 Å². The molecule has 1 unspecified atom stereocenters. The molecule has 3 rings (SSSR count). The Balaban J connectivity index is 1.75. The minimum absolute atomic E-state index is 0.0841. The minimum atomic E-state index is -0.616. The van der Waals surface area contributed by atoms with Crippen LogP contribution < -0.4 is 16.4 Å². The lowest BCUT2D eigenvalue weighted by Gasteiger charge is -2.29. The second kappa shape index (κ2) is 7.53. The van der Waals surface area contributed by atoms with Crippen LogP contribution in [-0.4, -0.2) is 52.5 Å². The second-order valence-electron chi connectivity index (χ2n) is 6.86. The van der Waals surface area contributed by atoms with Gasteiger partial charge in [0.05, 0.1) is 6.61 Å². The summed E-state index contributed by atoms with van der Waals surface area (Å²) >= 11 is 0. The van der Waals surface area contributed by atoms with Gasteiger partial charge in [0.2, 0.25) is 11.8 Å². The van der Waals surface area contributed by atoms with E-state index in [9.17, 15) is 14.4 Å². The van der Waals surface area contributed by atoms with Crippen molar-refractivity contribution in [2.45, 2.75) is 51.0 Å². The lowest BCUT2D eigenvalue weighted by molar-refractivity contribution is -0.136. The molecule has 1 aromatic carbocycles. The lowest BCUT2D eigenvalue weighted by atomic mass is 10.0. The summed E-state index contributed by atoms with van der Waals surface area (Å²) < 4.78 is 0. The molecule has 140 valence electrons. The molecular weight excluding hydrogens is 336 g/mol. The number of nitrogens with one attached hydrogen (secondary N) is 2. The highest BCUT2D eigenvalue weighted by atomic mass is 16.3. The third-order valence-electron chi connectivity index (χ3n) is 5.15. The summed E-state index contributed by atoms with van der Waals surface area (Å²) in [6.45, 7) is 2.64. The number of nitrogens with zero attached hydrogens (tertiary/aromatic N) is 1. The fourth-order valence-electron chi connectivity index (χ4n) is 3.40. The van der Waals surface area contributed by atoms with Gasteiger partial charge in [-0.2, -0.15) is 0 Å². The average Bonchev–Trinajstić information content (AvgIpc) is 2.96. The molecule has 8 heteroatoms. The number of piperidine rings is 1. The van der Waals surface area contributed by atoms with E-state index in [0.717, 1.165) is 11.1 Å². The van der Waals surface area contributed by atoms with Crippen molar-refractivity contribution in [1.82, 2.24) is 15.5 Å². The van der Waals surface area contributed by atoms with E-state index >= 15 is 0 Å². The highest BCUT2D eigenvalue weighted by molar-refractivity contribution is 6.05. The van der Waals surface area contributed by atoms with Crippen molar-refractivity contribution in [1.29, 1.82) is 0 Å². The summed E-state index contributed by atoms with van der Waals surface area (Å²) in [6.07, 6.45) is 0.585. The maximum Gasteiger partial charge on any atom is 0.255 e. The van der Waals surface area contributed by atoms with E-state index in [1.54, 1.807) is 11.0 Å². The first-order valence-electron chi connectivity index (χ1n) is 8.77. The molecule has 8 nitrogen and oxygen atoms in total. The summed E-state index contributed by atoms with van der Waals surface area (Å²) in [5, 5.41) is 14.7. The Labute approximate surface area is 151 Å². The first-order chi connectivity index (χ1) is 12.4. The quantitative estimate of drug-likeness (QED) is 0.495. The van der Waals surface area contributed by atoms with E-state index in [1.165, 1.54) is 0 Å². The average molecular weight is 360 g/mol. The van der Waals surface area contributed by atoms with Gasteiger partial charge in [0.15, 0.2) is 0 Å². The molecular formula is C18H24N4O4. The van der Waals surface area contributed by atoms with Crippen LogP contribution in [0.25, 0.3) is 0 Å². The van der Waals surface area contributed by atoms with Crippen LogP contribution in [0.5, 0.6) is 0 Å². The molecule has 26 heavy (non-hydrogen) atoms. The molecule has 2 aliphatic heterocycles. The molecule has 2 heterocycles. The molecule has 2 aliphatic rings. The highest BCUT2D eigenvalue weighted by Gasteiger charge is 2.39. The number of aliphatic hydroxyl groups is 1. The Morgan fingerprint density at radius 2 is 2.15 bits per heavy atom. The van der Waals surface area contributed by atoms with Crippen molar-refractivity contribution in [3.63, 3.8) is 0 Å². The topological polar surface area (TPSA) is 125 Å². The van der Waals surface area contributed by atoms with Gasteiger partial charge in [-0.15, -0.1) is 0 Å². The zero-order valence-corrected chi connectivity index (χ0v) is 14.7. The van der Waals surface area contributed by atoms with Crippen LogP contribution in [-0.2, 0) is 22.7 Å².